The number of piperidine rings is 1. The van der Waals surface area contributed by atoms with Gasteiger partial charge in [-0.3, -0.25) is 4.90 Å². The zero-order valence-corrected chi connectivity index (χ0v) is 13.5. The molecular weight excluding hydrogens is 302 g/mol. The molecule has 0 aromatic heterocycles. The summed E-state index contributed by atoms with van der Waals surface area (Å²) in [4.78, 5) is 0.242. The van der Waals surface area contributed by atoms with Crippen molar-refractivity contribution in [1.82, 2.24) is 4.90 Å². The molecule has 2 aliphatic heterocycles. The van der Waals surface area contributed by atoms with E-state index in [2.05, 4.69) is 0 Å². The summed E-state index contributed by atoms with van der Waals surface area (Å²) in [6, 6.07) is -4.01. The Labute approximate surface area is 171 Å². The van der Waals surface area contributed by atoms with Crippen molar-refractivity contribution >= 4 is 0 Å². The summed E-state index contributed by atoms with van der Waals surface area (Å²) in [7, 11) is 2.12. The maximum atomic E-state index is 11.5. The number of fused-ring (bicyclic) bond motifs is 3. The summed E-state index contributed by atoms with van der Waals surface area (Å²) in [5.74, 6) is -4.82. The van der Waals surface area contributed by atoms with E-state index in [1.807, 2.05) is 0 Å². The average molecular weight is 352 g/mol. The van der Waals surface area contributed by atoms with Crippen molar-refractivity contribution < 1.29 is 39.3 Å². The molecule has 1 fully saturated rings. The zero-order valence-electron chi connectivity index (χ0n) is 31.5. The van der Waals surface area contributed by atoms with Crippen LogP contribution in [0, 0.1) is 11.3 Å². The minimum absolute atomic E-state index is 0.242. The molecule has 0 spiro atoms. The van der Waals surface area contributed by atoms with Crippen molar-refractivity contribution in [2.24, 2.45) is 11.3 Å². The van der Waals surface area contributed by atoms with Gasteiger partial charge in [0.05, 0.1) is 24.4 Å². The molecule has 2 aliphatic rings. The fourth-order valence-electron chi connectivity index (χ4n) is 2.56. The third kappa shape index (κ3) is 3.40. The van der Waals surface area contributed by atoms with Gasteiger partial charge in [-0.1, -0.05) is 20.6 Å². The molecule has 0 aliphatic carbocycles. The Morgan fingerprint density at radius 1 is 1.46 bits per heavy atom. The fraction of sp³-hybridized carbons (Fsp3) is 0.700. The Balaban J connectivity index is 2.53. The van der Waals surface area contributed by atoms with E-state index in [4.69, 9.17) is 34.1 Å². The van der Waals surface area contributed by atoms with E-state index < -0.39 is 104 Å². The van der Waals surface area contributed by atoms with E-state index in [0.717, 1.165) is 14.2 Å². The minimum atomic E-state index is -4.07. The van der Waals surface area contributed by atoms with Crippen LogP contribution in [0.3, 0.4) is 0 Å². The monoisotopic (exact) mass is 351 g/mol. The SMILES string of the molecule is [2H]c1c(OC)c(OC)c([2H])c2c1C1N(CC([2H])(C([2H])([2H])C(C)(C([2H])([2H])[2H])C([2H])([2H])[2H])C([2H])(O)C1([2H])[2H])C([2H])([2H])C2([2H])[2H]. The predicted octanol–water partition coefficient (Wildman–Crippen LogP) is 3.42. The van der Waals surface area contributed by atoms with Crippen LogP contribution in [0.4, 0.5) is 0 Å². The van der Waals surface area contributed by atoms with E-state index in [0.29, 0.717) is 6.92 Å². The topological polar surface area (TPSA) is 41.9 Å². The summed E-state index contributed by atoms with van der Waals surface area (Å²) in [6.45, 7) is -12.1. The van der Waals surface area contributed by atoms with E-state index in [-0.39, 0.29) is 4.90 Å². The second-order valence-electron chi connectivity index (χ2n) is 5.59. The lowest BCUT2D eigenvalue weighted by molar-refractivity contribution is -0.0259. The first-order valence-corrected chi connectivity index (χ1v) is 7.18. The molecule has 2 heterocycles. The van der Waals surface area contributed by atoms with Crippen LogP contribution in [0.15, 0.2) is 12.1 Å². The van der Waals surface area contributed by atoms with Crippen LogP contribution in [-0.2, 0) is 6.37 Å². The average Bonchev–Trinajstić information content (AvgIpc) is 2.80. The number of ether oxygens (including phenoxy) is 2. The summed E-state index contributed by atoms with van der Waals surface area (Å²) < 4.78 is 163. The molecule has 1 aromatic rings. The van der Waals surface area contributed by atoms with Gasteiger partial charge in [-0.2, -0.15) is 0 Å². The van der Waals surface area contributed by atoms with Gasteiger partial charge in [-0.25, -0.2) is 0 Å². The predicted molar refractivity (Wildman–Crippen MR) is 95.7 cm³/mol. The quantitative estimate of drug-likeness (QED) is 0.906. The normalized spacial score (nSPS) is 52.4. The maximum Gasteiger partial charge on any atom is 0.161 e. The number of rotatable bonds is 3. The Hall–Kier alpha value is -1.26. The smallest absolute Gasteiger partial charge is 0.161 e. The highest BCUT2D eigenvalue weighted by Crippen LogP contribution is 2.44. The highest BCUT2D eigenvalue weighted by atomic mass is 16.5. The molecule has 3 unspecified atom stereocenters. The van der Waals surface area contributed by atoms with Gasteiger partial charge in [0.2, 0.25) is 0 Å². The van der Waals surface area contributed by atoms with Crippen LogP contribution < -0.4 is 9.47 Å². The molecule has 1 N–H and O–H groups in total. The Bertz CT molecular complexity index is 1260. The lowest BCUT2D eigenvalue weighted by Crippen LogP contribution is -2.48. The lowest BCUT2D eigenvalue weighted by Gasteiger charge is -2.47. The molecule has 134 valence electrons. The van der Waals surface area contributed by atoms with E-state index in [1.54, 1.807) is 0 Å². The number of hydrogen-bond acceptors (Lipinski definition) is 4. The highest BCUT2D eigenvalue weighted by molar-refractivity contribution is 5.49. The van der Waals surface area contributed by atoms with Gasteiger partial charge < -0.3 is 14.6 Å². The standard InChI is InChI=1S/C20H31NO3/c1-20(2,3)11-14-12-21-7-6-13-8-18(23-4)19(24-5)9-15(13)16(21)10-17(14)22/h8-9,14,16-17,22H,6-7,10-12H2,1-5H3/i1D3,2D3,6D2,7D2,8D,9D,10D2,11D2,14D,17D. The van der Waals surface area contributed by atoms with Gasteiger partial charge in [0.1, 0.15) is 0 Å². The Morgan fingerprint density at radius 2 is 2.17 bits per heavy atom. The number of hydrogen-bond donors (Lipinski definition) is 1. The van der Waals surface area contributed by atoms with Crippen LogP contribution in [0.25, 0.3) is 0 Å². The van der Waals surface area contributed by atoms with Gasteiger partial charge in [0.25, 0.3) is 0 Å². The van der Waals surface area contributed by atoms with Gasteiger partial charge in [0, 0.05) is 39.6 Å². The van der Waals surface area contributed by atoms with E-state index in [9.17, 15) is 5.11 Å². The third-order valence-electron chi connectivity index (χ3n) is 3.57. The largest absolute Gasteiger partial charge is 0.493 e. The van der Waals surface area contributed by atoms with Crippen molar-refractivity contribution in [3.8, 4) is 11.5 Å². The fourth-order valence-corrected chi connectivity index (χ4v) is 2.56. The molecule has 4 nitrogen and oxygen atoms in total. The van der Waals surface area contributed by atoms with Gasteiger partial charge >= 0.3 is 0 Å². The van der Waals surface area contributed by atoms with Gasteiger partial charge in [-0.15, -0.1) is 0 Å². The van der Waals surface area contributed by atoms with Crippen LogP contribution in [0.1, 0.15) is 75.2 Å². The number of methoxy groups -OCH3 is 2. The van der Waals surface area contributed by atoms with E-state index >= 15 is 0 Å². The molecule has 0 bridgehead atoms. The van der Waals surface area contributed by atoms with Crippen molar-refractivity contribution in [1.29, 1.82) is 0 Å². The van der Waals surface area contributed by atoms with Crippen molar-refractivity contribution in [3.63, 3.8) is 0 Å². The molecule has 0 radical (unpaired) electrons. The summed E-state index contributed by atoms with van der Waals surface area (Å²) in [5.41, 5.74) is -5.19. The van der Waals surface area contributed by atoms with Crippen molar-refractivity contribution in [3.05, 3.63) is 23.2 Å². The number of aliphatic hydroxyl groups is 1. The summed E-state index contributed by atoms with van der Waals surface area (Å²) in [6.07, 6.45) is -15.2. The molecule has 3 atom stereocenters. The first-order chi connectivity index (χ1) is 18.4. The molecule has 0 amide bonds. The molecule has 1 saturated heterocycles. The second-order valence-corrected chi connectivity index (χ2v) is 5.59. The summed E-state index contributed by atoms with van der Waals surface area (Å²) in [5, 5.41) is 11.5. The van der Waals surface area contributed by atoms with Crippen molar-refractivity contribution in [2.75, 3.05) is 27.3 Å². The van der Waals surface area contributed by atoms with Crippen molar-refractivity contribution in [2.45, 2.75) is 51.9 Å². The first-order valence-electron chi connectivity index (χ1n) is 16.2. The lowest BCUT2D eigenvalue weighted by atomic mass is 9.75. The highest BCUT2D eigenvalue weighted by Gasteiger charge is 2.39. The molecule has 3 rings (SSSR count). The third-order valence-corrected chi connectivity index (χ3v) is 3.57. The first kappa shape index (κ1) is 5.88. The Kier molecular flexibility index (Phi) is 1.61. The maximum absolute atomic E-state index is 11.5. The zero-order chi connectivity index (χ0) is 33.2. The number of benzene rings is 1. The molecule has 0 saturated carbocycles. The van der Waals surface area contributed by atoms with Gasteiger partial charge in [0.15, 0.2) is 11.5 Å². The van der Waals surface area contributed by atoms with Crippen LogP contribution in [-0.4, -0.2) is 43.3 Å². The molecular formula is C20H31NO3. The molecule has 24 heavy (non-hydrogen) atoms. The summed E-state index contributed by atoms with van der Waals surface area (Å²) >= 11 is 0. The Morgan fingerprint density at radius 3 is 2.83 bits per heavy atom. The van der Waals surface area contributed by atoms with Crippen LogP contribution >= 0.6 is 0 Å². The van der Waals surface area contributed by atoms with Gasteiger partial charge in [-0.05, 0) is 53.6 Å². The second kappa shape index (κ2) is 6.57. The minimum Gasteiger partial charge on any atom is -0.493 e. The number of nitrogens with zero attached hydrogens (tertiary/aromatic N) is 1. The van der Waals surface area contributed by atoms with Crippen LogP contribution in [0.5, 0.6) is 11.5 Å². The molecule has 4 heteroatoms. The van der Waals surface area contributed by atoms with Crippen LogP contribution in [0.2, 0.25) is 0 Å². The molecule has 1 aromatic carbocycles. The van der Waals surface area contributed by atoms with E-state index in [1.165, 1.54) is 0 Å².